The normalized spacial score (nSPS) is 13.0. The number of nitrogens with one attached hydrogen (secondary N) is 2. The molecule has 1 aromatic heterocycles. The number of aryl methyl sites for hydroxylation is 1. The smallest absolute Gasteiger partial charge is 0.262 e. The van der Waals surface area contributed by atoms with Gasteiger partial charge in [0.15, 0.2) is 6.61 Å². The standard InChI is InChI=1S/C19H17N3O3/c23-18(8-10-22-9-7-13-3-1-2-4-16(13)22)20-14-5-6-17-15(11-14)21-19(24)12-25-17/h1-7,9,11H,8,10,12H2,(H,20,23)(H,21,24). The quantitative estimate of drug-likeness (QED) is 0.770. The summed E-state index contributed by atoms with van der Waals surface area (Å²) in [5, 5.41) is 6.75. The van der Waals surface area contributed by atoms with Gasteiger partial charge >= 0.3 is 0 Å². The van der Waals surface area contributed by atoms with Gasteiger partial charge in [-0.25, -0.2) is 0 Å². The van der Waals surface area contributed by atoms with E-state index in [-0.39, 0.29) is 18.4 Å². The summed E-state index contributed by atoms with van der Waals surface area (Å²) in [7, 11) is 0. The highest BCUT2D eigenvalue weighted by atomic mass is 16.5. The van der Waals surface area contributed by atoms with E-state index in [1.807, 2.05) is 30.5 Å². The van der Waals surface area contributed by atoms with Crippen LogP contribution in [0.3, 0.4) is 0 Å². The fourth-order valence-electron chi connectivity index (χ4n) is 2.94. The molecule has 25 heavy (non-hydrogen) atoms. The molecule has 1 aliphatic heterocycles. The van der Waals surface area contributed by atoms with E-state index in [0.717, 1.165) is 10.9 Å². The number of amides is 2. The van der Waals surface area contributed by atoms with Crippen LogP contribution in [0.1, 0.15) is 6.42 Å². The number of para-hydroxylation sites is 1. The van der Waals surface area contributed by atoms with Gasteiger partial charge in [0.2, 0.25) is 5.91 Å². The van der Waals surface area contributed by atoms with Gasteiger partial charge in [-0.05, 0) is 35.7 Å². The van der Waals surface area contributed by atoms with Gasteiger partial charge < -0.3 is 19.9 Å². The Balaban J connectivity index is 1.41. The van der Waals surface area contributed by atoms with E-state index in [2.05, 4.69) is 21.3 Å². The first-order valence-electron chi connectivity index (χ1n) is 8.09. The molecule has 0 aliphatic carbocycles. The maximum absolute atomic E-state index is 12.2. The molecule has 1 aliphatic rings. The summed E-state index contributed by atoms with van der Waals surface area (Å²) in [5.41, 5.74) is 2.32. The Morgan fingerprint density at radius 1 is 1.20 bits per heavy atom. The highest BCUT2D eigenvalue weighted by Crippen LogP contribution is 2.30. The van der Waals surface area contributed by atoms with Crippen molar-refractivity contribution in [2.45, 2.75) is 13.0 Å². The van der Waals surface area contributed by atoms with Crippen molar-refractivity contribution in [2.75, 3.05) is 17.2 Å². The fourth-order valence-corrected chi connectivity index (χ4v) is 2.94. The van der Waals surface area contributed by atoms with Crippen molar-refractivity contribution in [1.82, 2.24) is 4.57 Å². The first kappa shape index (κ1) is 15.3. The van der Waals surface area contributed by atoms with Crippen LogP contribution in [0.5, 0.6) is 5.75 Å². The number of nitrogens with zero attached hydrogens (tertiary/aromatic N) is 1. The second kappa shape index (κ2) is 6.32. The molecule has 0 saturated carbocycles. The van der Waals surface area contributed by atoms with Crippen LogP contribution >= 0.6 is 0 Å². The molecule has 6 heteroatoms. The second-order valence-electron chi connectivity index (χ2n) is 5.91. The van der Waals surface area contributed by atoms with Gasteiger partial charge in [0.1, 0.15) is 5.75 Å². The molecule has 2 aromatic carbocycles. The number of carbonyl (C=O) groups is 2. The van der Waals surface area contributed by atoms with Crippen LogP contribution in [0.25, 0.3) is 10.9 Å². The minimum atomic E-state index is -0.199. The molecule has 4 rings (SSSR count). The topological polar surface area (TPSA) is 72.4 Å². The van der Waals surface area contributed by atoms with E-state index < -0.39 is 0 Å². The third-order valence-electron chi connectivity index (χ3n) is 4.16. The number of anilines is 2. The average molecular weight is 335 g/mol. The Morgan fingerprint density at radius 2 is 2.08 bits per heavy atom. The second-order valence-corrected chi connectivity index (χ2v) is 5.91. The van der Waals surface area contributed by atoms with E-state index in [9.17, 15) is 9.59 Å². The third kappa shape index (κ3) is 3.19. The number of hydrogen-bond donors (Lipinski definition) is 2. The molecular weight excluding hydrogens is 318 g/mol. The molecule has 2 N–H and O–H groups in total. The molecule has 0 spiro atoms. The van der Waals surface area contributed by atoms with E-state index >= 15 is 0 Å². The van der Waals surface area contributed by atoms with Crippen LogP contribution in [0.15, 0.2) is 54.7 Å². The lowest BCUT2D eigenvalue weighted by Gasteiger charge is -2.18. The highest BCUT2D eigenvalue weighted by molar-refractivity contribution is 5.97. The van der Waals surface area contributed by atoms with Crippen molar-refractivity contribution in [3.63, 3.8) is 0 Å². The summed E-state index contributed by atoms with van der Waals surface area (Å²) >= 11 is 0. The van der Waals surface area contributed by atoms with Crippen LogP contribution in [-0.4, -0.2) is 23.0 Å². The number of benzene rings is 2. The van der Waals surface area contributed by atoms with Crippen molar-refractivity contribution in [3.05, 3.63) is 54.7 Å². The van der Waals surface area contributed by atoms with Crippen molar-refractivity contribution in [3.8, 4) is 5.75 Å². The molecule has 2 heterocycles. The first-order valence-corrected chi connectivity index (χ1v) is 8.09. The minimum absolute atomic E-state index is 0.0174. The molecule has 126 valence electrons. The lowest BCUT2D eigenvalue weighted by atomic mass is 10.2. The fraction of sp³-hybridized carbons (Fsp3) is 0.158. The number of hydrogen-bond acceptors (Lipinski definition) is 3. The maximum Gasteiger partial charge on any atom is 0.262 e. The van der Waals surface area contributed by atoms with E-state index in [0.29, 0.717) is 30.1 Å². The van der Waals surface area contributed by atoms with Crippen LogP contribution in [-0.2, 0) is 16.1 Å². The largest absolute Gasteiger partial charge is 0.482 e. The number of aromatic nitrogens is 1. The van der Waals surface area contributed by atoms with Gasteiger partial charge in [0, 0.05) is 30.4 Å². The zero-order valence-electron chi connectivity index (χ0n) is 13.5. The molecule has 2 amide bonds. The van der Waals surface area contributed by atoms with Crippen LogP contribution in [0.2, 0.25) is 0 Å². The lowest BCUT2D eigenvalue weighted by Crippen LogP contribution is -2.25. The SMILES string of the molecule is O=C(CCn1ccc2ccccc21)Nc1ccc2c(c1)NC(=O)CO2. The summed E-state index contributed by atoms with van der Waals surface area (Å²) in [6, 6.07) is 15.3. The molecule has 6 nitrogen and oxygen atoms in total. The zero-order valence-corrected chi connectivity index (χ0v) is 13.5. The van der Waals surface area contributed by atoms with Gasteiger partial charge in [-0.15, -0.1) is 0 Å². The number of rotatable bonds is 4. The third-order valence-corrected chi connectivity index (χ3v) is 4.16. The average Bonchev–Trinajstić information content (AvgIpc) is 3.03. The van der Waals surface area contributed by atoms with Crippen molar-refractivity contribution >= 4 is 34.1 Å². The first-order chi connectivity index (χ1) is 12.2. The van der Waals surface area contributed by atoms with E-state index in [4.69, 9.17) is 4.74 Å². The molecule has 3 aromatic rings. The van der Waals surface area contributed by atoms with Crippen molar-refractivity contribution in [2.24, 2.45) is 0 Å². The summed E-state index contributed by atoms with van der Waals surface area (Å²) in [6.45, 7) is 0.619. The minimum Gasteiger partial charge on any atom is -0.482 e. The predicted molar refractivity (Wildman–Crippen MR) is 95.8 cm³/mol. The molecule has 0 saturated heterocycles. The van der Waals surface area contributed by atoms with Gasteiger partial charge in [0.05, 0.1) is 5.69 Å². The number of carbonyl (C=O) groups excluding carboxylic acids is 2. The van der Waals surface area contributed by atoms with Crippen molar-refractivity contribution < 1.29 is 14.3 Å². The number of ether oxygens (including phenoxy) is 1. The Kier molecular flexibility index (Phi) is 3.85. The lowest BCUT2D eigenvalue weighted by molar-refractivity contribution is -0.118. The zero-order chi connectivity index (χ0) is 17.2. The Morgan fingerprint density at radius 3 is 3.00 bits per heavy atom. The monoisotopic (exact) mass is 335 g/mol. The van der Waals surface area contributed by atoms with E-state index in [1.54, 1.807) is 18.2 Å². The van der Waals surface area contributed by atoms with Crippen molar-refractivity contribution in [1.29, 1.82) is 0 Å². The van der Waals surface area contributed by atoms with Gasteiger partial charge in [-0.1, -0.05) is 18.2 Å². The molecule has 0 unspecified atom stereocenters. The summed E-state index contributed by atoms with van der Waals surface area (Å²) in [5.74, 6) is 0.327. The molecule has 0 bridgehead atoms. The number of fused-ring (bicyclic) bond motifs is 2. The summed E-state index contributed by atoms with van der Waals surface area (Å²) in [6.07, 6.45) is 2.35. The molecule has 0 atom stereocenters. The Labute approximate surface area is 144 Å². The maximum atomic E-state index is 12.2. The van der Waals surface area contributed by atoms with Crippen LogP contribution in [0.4, 0.5) is 11.4 Å². The summed E-state index contributed by atoms with van der Waals surface area (Å²) < 4.78 is 7.37. The molecular formula is C19H17N3O3. The molecule has 0 radical (unpaired) electrons. The van der Waals surface area contributed by atoms with E-state index in [1.165, 1.54) is 0 Å². The predicted octanol–water partition coefficient (Wildman–Crippen LogP) is 3.00. The summed E-state index contributed by atoms with van der Waals surface area (Å²) in [4.78, 5) is 23.6. The molecule has 0 fully saturated rings. The highest BCUT2D eigenvalue weighted by Gasteiger charge is 2.16. The Bertz CT molecular complexity index is 961. The van der Waals surface area contributed by atoms with Gasteiger partial charge in [-0.3, -0.25) is 9.59 Å². The Hall–Kier alpha value is -3.28. The van der Waals surface area contributed by atoms with Gasteiger partial charge in [0.25, 0.3) is 5.91 Å². The van der Waals surface area contributed by atoms with Crippen LogP contribution in [0, 0.1) is 0 Å². The van der Waals surface area contributed by atoms with Gasteiger partial charge in [-0.2, -0.15) is 0 Å². The van der Waals surface area contributed by atoms with Crippen LogP contribution < -0.4 is 15.4 Å².